The van der Waals surface area contributed by atoms with E-state index in [1.807, 2.05) is 0 Å². The smallest absolute Gasteiger partial charge is 0.420 e. The number of carbonyl (C=O) groups excluding carboxylic acids is 2. The molecule has 5 heteroatoms. The van der Waals surface area contributed by atoms with Gasteiger partial charge in [-0.3, -0.25) is 4.79 Å². The van der Waals surface area contributed by atoms with Gasteiger partial charge in [0.25, 0.3) is 0 Å². The minimum absolute atomic E-state index is 0.0745. The number of nitrogens with zero attached hydrogens (tertiary/aromatic N) is 1. The summed E-state index contributed by atoms with van der Waals surface area (Å²) in [6, 6.07) is 7.02. The first-order chi connectivity index (χ1) is 8.85. The molecule has 0 amide bonds. The van der Waals surface area contributed by atoms with Crippen LogP contribution in [0.1, 0.15) is 31.1 Å². The number of hydrogen-bond donors (Lipinski definition) is 0. The van der Waals surface area contributed by atoms with Crippen molar-refractivity contribution in [1.29, 1.82) is 0 Å². The lowest BCUT2D eigenvalue weighted by atomic mass is 10.2. The van der Waals surface area contributed by atoms with Crippen LogP contribution >= 0.6 is 11.6 Å². The molecule has 0 saturated heterocycles. The maximum absolute atomic E-state index is 12.2. The Morgan fingerprint density at radius 2 is 1.95 bits per heavy atom. The highest BCUT2D eigenvalue weighted by Gasteiger charge is 2.24. The predicted molar refractivity (Wildman–Crippen MR) is 74.0 cm³/mol. The van der Waals surface area contributed by atoms with Gasteiger partial charge in [-0.15, -0.1) is 0 Å². The number of fused-ring (bicyclic) bond motifs is 1. The van der Waals surface area contributed by atoms with Crippen LogP contribution in [0, 0.1) is 0 Å². The first-order valence-electron chi connectivity index (χ1n) is 5.82. The van der Waals surface area contributed by atoms with Crippen molar-refractivity contribution in [2.45, 2.75) is 26.4 Å². The Balaban J connectivity index is 2.63. The second-order valence-electron chi connectivity index (χ2n) is 5.16. The number of aldehydes is 1. The third-order valence-corrected chi connectivity index (χ3v) is 2.92. The van der Waals surface area contributed by atoms with Gasteiger partial charge in [-0.2, -0.15) is 0 Å². The van der Waals surface area contributed by atoms with E-state index in [9.17, 15) is 9.59 Å². The summed E-state index contributed by atoms with van der Waals surface area (Å²) in [5, 5.41) is 0.707. The van der Waals surface area contributed by atoms with Gasteiger partial charge in [0.1, 0.15) is 10.8 Å². The molecule has 0 N–H and O–H groups in total. The number of aromatic nitrogens is 1. The second-order valence-corrected chi connectivity index (χ2v) is 5.51. The Morgan fingerprint density at radius 3 is 2.53 bits per heavy atom. The van der Waals surface area contributed by atoms with Gasteiger partial charge in [-0.25, -0.2) is 9.36 Å². The largest absolute Gasteiger partial charge is 0.443 e. The van der Waals surface area contributed by atoms with Gasteiger partial charge in [0, 0.05) is 5.39 Å². The Kier molecular flexibility index (Phi) is 3.37. The number of hydrogen-bond acceptors (Lipinski definition) is 3. The normalized spacial score (nSPS) is 11.6. The van der Waals surface area contributed by atoms with Crippen LogP contribution in [0.15, 0.2) is 24.3 Å². The van der Waals surface area contributed by atoms with Crippen molar-refractivity contribution in [2.75, 3.05) is 0 Å². The lowest BCUT2D eigenvalue weighted by Gasteiger charge is -2.20. The predicted octanol–water partition coefficient (Wildman–Crippen LogP) is 3.89. The van der Waals surface area contributed by atoms with E-state index in [1.165, 1.54) is 4.57 Å². The summed E-state index contributed by atoms with van der Waals surface area (Å²) < 4.78 is 6.51. The summed E-state index contributed by atoms with van der Waals surface area (Å²) in [4.78, 5) is 23.3. The first kappa shape index (κ1) is 13.6. The summed E-state index contributed by atoms with van der Waals surface area (Å²) in [6.07, 6.45) is 0.0488. The van der Waals surface area contributed by atoms with Gasteiger partial charge >= 0.3 is 6.09 Å². The lowest BCUT2D eigenvalue weighted by Crippen LogP contribution is -2.27. The number of carbonyl (C=O) groups is 2. The highest BCUT2D eigenvalue weighted by molar-refractivity contribution is 6.35. The fourth-order valence-corrected chi connectivity index (χ4v) is 2.14. The lowest BCUT2D eigenvalue weighted by molar-refractivity contribution is 0.0545. The molecule has 1 heterocycles. The molecule has 0 spiro atoms. The Bertz CT molecular complexity index is 652. The molecule has 0 aliphatic rings. The molecule has 2 rings (SSSR count). The third kappa shape index (κ3) is 2.49. The maximum Gasteiger partial charge on any atom is 0.420 e. The monoisotopic (exact) mass is 279 g/mol. The highest BCUT2D eigenvalue weighted by atomic mass is 35.5. The SMILES string of the molecule is CC(C)(C)OC(=O)n1c(Cl)c(C=O)c2ccccc21. The quantitative estimate of drug-likeness (QED) is 0.744. The molecular formula is C14H14ClNO3. The van der Waals surface area contributed by atoms with Crippen LogP contribution in [0.4, 0.5) is 4.79 Å². The zero-order valence-corrected chi connectivity index (χ0v) is 11.7. The van der Waals surface area contributed by atoms with E-state index in [4.69, 9.17) is 16.3 Å². The molecule has 1 aromatic carbocycles. The average Bonchev–Trinajstić information content (AvgIpc) is 2.58. The van der Waals surface area contributed by atoms with E-state index in [0.717, 1.165) is 0 Å². The first-order valence-corrected chi connectivity index (χ1v) is 6.20. The number of rotatable bonds is 1. The molecule has 0 bridgehead atoms. The topological polar surface area (TPSA) is 48.3 Å². The molecule has 0 aliphatic heterocycles. The van der Waals surface area contributed by atoms with E-state index in [2.05, 4.69) is 0 Å². The van der Waals surface area contributed by atoms with Crippen molar-refractivity contribution in [3.05, 3.63) is 35.0 Å². The van der Waals surface area contributed by atoms with Crippen molar-refractivity contribution in [2.24, 2.45) is 0 Å². The van der Waals surface area contributed by atoms with Crippen LogP contribution in [0.25, 0.3) is 10.9 Å². The van der Waals surface area contributed by atoms with E-state index >= 15 is 0 Å². The second kappa shape index (κ2) is 4.70. The number of halogens is 1. The number of para-hydroxylation sites is 1. The van der Waals surface area contributed by atoms with Crippen LogP contribution in [0.2, 0.25) is 5.15 Å². The van der Waals surface area contributed by atoms with Crippen LogP contribution in [0.3, 0.4) is 0 Å². The molecule has 0 saturated carbocycles. The standard InChI is InChI=1S/C14H14ClNO3/c1-14(2,3)19-13(18)16-11-7-5-4-6-9(11)10(8-17)12(16)15/h4-8H,1-3H3. The van der Waals surface area contributed by atoms with Gasteiger partial charge in [-0.1, -0.05) is 29.8 Å². The summed E-state index contributed by atoms with van der Waals surface area (Å²) in [7, 11) is 0. The summed E-state index contributed by atoms with van der Waals surface area (Å²) in [5.74, 6) is 0. The minimum Gasteiger partial charge on any atom is -0.443 e. The Hall–Kier alpha value is -1.81. The van der Waals surface area contributed by atoms with E-state index < -0.39 is 11.7 Å². The molecule has 100 valence electrons. The fourth-order valence-electron chi connectivity index (χ4n) is 1.83. The van der Waals surface area contributed by atoms with Crippen LogP contribution in [-0.2, 0) is 4.74 Å². The molecule has 2 aromatic rings. The van der Waals surface area contributed by atoms with Gasteiger partial charge in [0.05, 0.1) is 11.1 Å². The molecule has 4 nitrogen and oxygen atoms in total. The van der Waals surface area contributed by atoms with Crippen molar-refractivity contribution < 1.29 is 14.3 Å². The fraction of sp³-hybridized carbons (Fsp3) is 0.286. The third-order valence-electron chi connectivity index (χ3n) is 2.55. The van der Waals surface area contributed by atoms with Gasteiger partial charge < -0.3 is 4.74 Å². The van der Waals surface area contributed by atoms with Gasteiger partial charge in [0.2, 0.25) is 0 Å². The molecule has 0 unspecified atom stereocenters. The molecule has 0 radical (unpaired) electrons. The Labute approximate surface area is 115 Å². The van der Waals surface area contributed by atoms with Gasteiger partial charge in [0.15, 0.2) is 6.29 Å². The summed E-state index contributed by atoms with van der Waals surface area (Å²) in [6.45, 7) is 5.31. The number of ether oxygens (including phenoxy) is 1. The summed E-state index contributed by atoms with van der Waals surface area (Å²) >= 11 is 6.11. The van der Waals surface area contributed by atoms with Crippen molar-refractivity contribution >= 4 is 34.9 Å². The molecular weight excluding hydrogens is 266 g/mol. The van der Waals surface area contributed by atoms with Gasteiger partial charge in [-0.05, 0) is 26.8 Å². The molecule has 1 aromatic heterocycles. The maximum atomic E-state index is 12.2. The van der Waals surface area contributed by atoms with Crippen molar-refractivity contribution in [3.8, 4) is 0 Å². The van der Waals surface area contributed by atoms with Crippen LogP contribution in [0.5, 0.6) is 0 Å². The molecule has 19 heavy (non-hydrogen) atoms. The highest BCUT2D eigenvalue weighted by Crippen LogP contribution is 2.29. The minimum atomic E-state index is -0.632. The van der Waals surface area contributed by atoms with E-state index in [0.29, 0.717) is 22.8 Å². The van der Waals surface area contributed by atoms with Crippen LogP contribution < -0.4 is 0 Å². The Morgan fingerprint density at radius 1 is 1.32 bits per heavy atom. The average molecular weight is 280 g/mol. The molecule has 0 aliphatic carbocycles. The zero-order valence-electron chi connectivity index (χ0n) is 10.9. The zero-order chi connectivity index (χ0) is 14.2. The molecule has 0 atom stereocenters. The number of benzene rings is 1. The summed E-state index contributed by atoms with van der Waals surface area (Å²) in [5.41, 5.74) is 0.222. The van der Waals surface area contributed by atoms with E-state index in [-0.39, 0.29) is 5.15 Å². The van der Waals surface area contributed by atoms with Crippen molar-refractivity contribution in [3.63, 3.8) is 0 Å². The van der Waals surface area contributed by atoms with Crippen LogP contribution in [-0.4, -0.2) is 22.5 Å². The van der Waals surface area contributed by atoms with E-state index in [1.54, 1.807) is 45.0 Å². The van der Waals surface area contributed by atoms with Crippen molar-refractivity contribution in [1.82, 2.24) is 4.57 Å². The molecule has 0 fully saturated rings.